The van der Waals surface area contributed by atoms with Gasteiger partial charge in [-0.05, 0) is 12.1 Å². The summed E-state index contributed by atoms with van der Waals surface area (Å²) in [5, 5.41) is 6.71. The minimum atomic E-state index is -4.41. The monoisotopic (exact) mass is 388 g/mol. The Kier molecular flexibility index (Phi) is 5.80. The van der Waals surface area contributed by atoms with Gasteiger partial charge >= 0.3 is 6.18 Å². The van der Waals surface area contributed by atoms with Gasteiger partial charge in [0.25, 0.3) is 0 Å². The molecule has 1 aromatic heterocycles. The highest BCUT2D eigenvalue weighted by molar-refractivity contribution is 6.31. The molecule has 1 aliphatic rings. The van der Waals surface area contributed by atoms with Crippen molar-refractivity contribution in [2.45, 2.75) is 12.3 Å². The number of halogens is 4. The third kappa shape index (κ3) is 5.20. The minimum Gasteiger partial charge on any atom is -0.481 e. The van der Waals surface area contributed by atoms with Gasteiger partial charge in [0, 0.05) is 29.4 Å². The fraction of sp³-hybridized carbons (Fsp3) is 0.375. The van der Waals surface area contributed by atoms with E-state index in [-0.39, 0.29) is 17.8 Å². The van der Waals surface area contributed by atoms with Gasteiger partial charge in [0.05, 0.1) is 25.1 Å². The number of morpholine rings is 1. The molecular weight excluding hydrogens is 373 g/mol. The van der Waals surface area contributed by atoms with E-state index in [1.807, 2.05) is 6.07 Å². The molecule has 0 unspecified atom stereocenters. The summed E-state index contributed by atoms with van der Waals surface area (Å²) in [6.07, 6.45) is -2.18. The minimum absolute atomic E-state index is 0.0665. The third-order valence-corrected chi connectivity index (χ3v) is 3.89. The van der Waals surface area contributed by atoms with Gasteiger partial charge in [0.15, 0.2) is 12.4 Å². The van der Waals surface area contributed by atoms with E-state index < -0.39 is 12.8 Å². The van der Waals surface area contributed by atoms with E-state index >= 15 is 0 Å². The van der Waals surface area contributed by atoms with E-state index in [9.17, 15) is 13.2 Å². The number of hydrogen-bond donors (Lipinski definition) is 2. The molecule has 1 aromatic carbocycles. The highest BCUT2D eigenvalue weighted by Gasteiger charge is 2.28. The Morgan fingerprint density at radius 1 is 1.31 bits per heavy atom. The normalized spacial score (nSPS) is 17.8. The van der Waals surface area contributed by atoms with Crippen molar-refractivity contribution in [2.75, 3.05) is 31.6 Å². The Labute approximate surface area is 152 Å². The van der Waals surface area contributed by atoms with Crippen molar-refractivity contribution < 1.29 is 22.6 Å². The Morgan fingerprint density at radius 3 is 2.69 bits per heavy atom. The summed E-state index contributed by atoms with van der Waals surface area (Å²) in [4.78, 5) is 7.85. The van der Waals surface area contributed by atoms with Crippen LogP contribution in [0.3, 0.4) is 0 Å². The van der Waals surface area contributed by atoms with E-state index in [4.69, 9.17) is 16.3 Å². The van der Waals surface area contributed by atoms with Crippen molar-refractivity contribution in [1.29, 1.82) is 0 Å². The van der Waals surface area contributed by atoms with Gasteiger partial charge in [0.1, 0.15) is 0 Å². The van der Waals surface area contributed by atoms with Crippen LogP contribution in [0.2, 0.25) is 5.02 Å². The number of nitrogens with one attached hydrogen (secondary N) is 2. The number of hydrogen-bond acceptors (Lipinski definition) is 6. The van der Waals surface area contributed by atoms with Gasteiger partial charge in [-0.2, -0.15) is 13.2 Å². The number of benzene rings is 1. The van der Waals surface area contributed by atoms with Gasteiger partial charge in [-0.15, -0.1) is 0 Å². The first-order valence-corrected chi connectivity index (χ1v) is 8.19. The SMILES string of the molecule is FC(F)(F)COc1cnc(Nc2ccc([C@@H]3CNCCO3)c(Cl)c2)nc1. The number of nitrogens with zero attached hydrogens (tertiary/aromatic N) is 2. The van der Waals surface area contributed by atoms with Crippen molar-refractivity contribution in [3.63, 3.8) is 0 Å². The van der Waals surface area contributed by atoms with Crippen LogP contribution in [-0.4, -0.2) is 42.4 Å². The lowest BCUT2D eigenvalue weighted by Gasteiger charge is -2.25. The molecule has 0 bridgehead atoms. The summed E-state index contributed by atoms with van der Waals surface area (Å²) in [5.74, 6) is 0.145. The summed E-state index contributed by atoms with van der Waals surface area (Å²) < 4.78 is 46.6. The largest absolute Gasteiger partial charge is 0.481 e. The second-order valence-corrected chi connectivity index (χ2v) is 5.98. The zero-order chi connectivity index (χ0) is 18.6. The Bertz CT molecular complexity index is 737. The molecule has 1 fully saturated rings. The molecule has 0 saturated carbocycles. The lowest BCUT2D eigenvalue weighted by atomic mass is 10.1. The molecule has 140 valence electrons. The van der Waals surface area contributed by atoms with Crippen LogP contribution in [0, 0.1) is 0 Å². The highest BCUT2D eigenvalue weighted by atomic mass is 35.5. The summed E-state index contributed by atoms with van der Waals surface area (Å²) in [5.41, 5.74) is 1.52. The first-order chi connectivity index (χ1) is 12.4. The number of anilines is 2. The van der Waals surface area contributed by atoms with Crippen LogP contribution < -0.4 is 15.4 Å². The van der Waals surface area contributed by atoms with Crippen LogP contribution in [-0.2, 0) is 4.74 Å². The van der Waals surface area contributed by atoms with Gasteiger partial charge in [0.2, 0.25) is 5.95 Å². The Balaban J connectivity index is 1.62. The van der Waals surface area contributed by atoms with Crippen LogP contribution in [0.5, 0.6) is 5.75 Å². The first kappa shape index (κ1) is 18.7. The summed E-state index contributed by atoms with van der Waals surface area (Å²) in [7, 11) is 0. The van der Waals surface area contributed by atoms with Crippen LogP contribution in [0.4, 0.5) is 24.8 Å². The van der Waals surface area contributed by atoms with Crippen LogP contribution >= 0.6 is 11.6 Å². The number of ether oxygens (including phenoxy) is 2. The molecule has 1 atom stereocenters. The van der Waals surface area contributed by atoms with E-state index in [0.717, 1.165) is 12.1 Å². The lowest BCUT2D eigenvalue weighted by Crippen LogP contribution is -2.33. The van der Waals surface area contributed by atoms with Gasteiger partial charge < -0.3 is 20.1 Å². The molecule has 3 rings (SSSR count). The van der Waals surface area contributed by atoms with Gasteiger partial charge in [-0.3, -0.25) is 0 Å². The van der Waals surface area contributed by atoms with Crippen molar-refractivity contribution in [2.24, 2.45) is 0 Å². The zero-order valence-corrected chi connectivity index (χ0v) is 14.3. The average Bonchev–Trinajstić information content (AvgIpc) is 2.61. The molecule has 2 N–H and O–H groups in total. The third-order valence-electron chi connectivity index (χ3n) is 3.56. The van der Waals surface area contributed by atoms with Crippen molar-refractivity contribution in [1.82, 2.24) is 15.3 Å². The number of alkyl halides is 3. The molecule has 6 nitrogen and oxygen atoms in total. The second kappa shape index (κ2) is 8.07. The topological polar surface area (TPSA) is 68.3 Å². The molecule has 2 heterocycles. The van der Waals surface area contributed by atoms with E-state index in [0.29, 0.717) is 23.9 Å². The molecule has 0 aliphatic carbocycles. The Hall–Kier alpha value is -2.10. The molecule has 0 spiro atoms. The zero-order valence-electron chi connectivity index (χ0n) is 13.5. The predicted molar refractivity (Wildman–Crippen MR) is 89.9 cm³/mol. The van der Waals surface area contributed by atoms with E-state index in [2.05, 4.69) is 25.3 Å². The molecule has 1 saturated heterocycles. The maximum Gasteiger partial charge on any atom is 0.422 e. The number of rotatable bonds is 5. The molecule has 1 aliphatic heterocycles. The fourth-order valence-corrected chi connectivity index (χ4v) is 2.68. The quantitative estimate of drug-likeness (QED) is 0.817. The van der Waals surface area contributed by atoms with E-state index in [1.165, 1.54) is 12.4 Å². The van der Waals surface area contributed by atoms with Gasteiger partial charge in [-0.1, -0.05) is 17.7 Å². The van der Waals surface area contributed by atoms with Crippen LogP contribution in [0.1, 0.15) is 11.7 Å². The second-order valence-electron chi connectivity index (χ2n) is 5.57. The molecule has 0 radical (unpaired) electrons. The summed E-state index contributed by atoms with van der Waals surface area (Å²) in [6.45, 7) is 0.735. The van der Waals surface area contributed by atoms with Gasteiger partial charge in [-0.25, -0.2) is 9.97 Å². The molecular formula is C16H16ClF3N4O2. The Morgan fingerprint density at radius 2 is 2.08 bits per heavy atom. The van der Waals surface area contributed by atoms with E-state index in [1.54, 1.807) is 12.1 Å². The summed E-state index contributed by atoms with van der Waals surface area (Å²) >= 11 is 6.32. The molecule has 0 amide bonds. The maximum atomic E-state index is 12.1. The average molecular weight is 389 g/mol. The van der Waals surface area contributed by atoms with Crippen molar-refractivity contribution in [3.05, 3.63) is 41.2 Å². The maximum absolute atomic E-state index is 12.1. The smallest absolute Gasteiger partial charge is 0.422 e. The molecule has 2 aromatic rings. The van der Waals surface area contributed by atoms with Crippen LogP contribution in [0.15, 0.2) is 30.6 Å². The van der Waals surface area contributed by atoms with Crippen LogP contribution in [0.25, 0.3) is 0 Å². The van der Waals surface area contributed by atoms with Crippen molar-refractivity contribution >= 4 is 23.2 Å². The fourth-order valence-electron chi connectivity index (χ4n) is 2.38. The molecule has 10 heteroatoms. The summed E-state index contributed by atoms with van der Waals surface area (Å²) in [6, 6.07) is 5.37. The highest BCUT2D eigenvalue weighted by Crippen LogP contribution is 2.30. The standard InChI is InChI=1S/C16H16ClF3N4O2/c17-13-5-10(1-2-12(13)14-8-21-3-4-25-14)24-15-22-6-11(7-23-15)26-9-16(18,19)20/h1-2,5-7,14,21H,3-4,8-9H2,(H,22,23,24)/t14-/m0/s1. The predicted octanol–water partition coefficient (Wildman–Crippen LogP) is 3.48. The first-order valence-electron chi connectivity index (χ1n) is 7.81. The molecule has 26 heavy (non-hydrogen) atoms. The van der Waals surface area contributed by atoms with Crippen molar-refractivity contribution in [3.8, 4) is 5.75 Å². The number of aromatic nitrogens is 2. The lowest BCUT2D eigenvalue weighted by molar-refractivity contribution is -0.153.